The Kier molecular flexibility index (Phi) is 7.27. The number of sulfonamides is 1. The highest BCUT2D eigenvalue weighted by atomic mass is 32.2. The minimum absolute atomic E-state index is 0.107. The molecule has 3 N–H and O–H groups in total. The maximum Gasteiger partial charge on any atom is 0.327 e. The monoisotopic (exact) mass is 521 g/mol. The number of hydrogen-bond acceptors (Lipinski definition) is 9. The molecule has 3 unspecified atom stereocenters. The van der Waals surface area contributed by atoms with Crippen molar-refractivity contribution in [2.75, 3.05) is 7.11 Å². The van der Waals surface area contributed by atoms with Gasteiger partial charge in [-0.1, -0.05) is 6.92 Å². The molecular formula is C23H27N3O7S2. The molecule has 3 aromatic rings. The molecule has 0 amide bonds. The van der Waals surface area contributed by atoms with E-state index in [-0.39, 0.29) is 22.9 Å². The van der Waals surface area contributed by atoms with Crippen LogP contribution in [0.1, 0.15) is 36.5 Å². The van der Waals surface area contributed by atoms with Gasteiger partial charge in [0.05, 0.1) is 23.5 Å². The zero-order valence-electron chi connectivity index (χ0n) is 19.5. The van der Waals surface area contributed by atoms with Gasteiger partial charge < -0.3 is 19.6 Å². The van der Waals surface area contributed by atoms with Crippen molar-refractivity contribution in [1.29, 1.82) is 0 Å². The molecule has 3 atom stereocenters. The SMILES string of the molecule is COc1ccc(S(=O)(=O)NC(C(=O)OCc2nc3sc4c(c3c(=O)[nH]2)CCC(C)C4)C(C)O)cc1. The zero-order chi connectivity index (χ0) is 25.3. The Bertz CT molecular complexity index is 1390. The fourth-order valence-electron chi connectivity index (χ4n) is 4.02. The maximum atomic E-state index is 12.7. The topological polar surface area (TPSA) is 148 Å². The summed E-state index contributed by atoms with van der Waals surface area (Å²) >= 11 is 1.47. The van der Waals surface area contributed by atoms with Gasteiger partial charge in [-0.2, -0.15) is 4.72 Å². The summed E-state index contributed by atoms with van der Waals surface area (Å²) in [5, 5.41) is 10.6. The van der Waals surface area contributed by atoms with E-state index in [0.717, 1.165) is 29.7 Å². The molecule has 10 nitrogen and oxygen atoms in total. The van der Waals surface area contributed by atoms with Gasteiger partial charge in [0.15, 0.2) is 0 Å². The van der Waals surface area contributed by atoms with Crippen molar-refractivity contribution in [2.24, 2.45) is 5.92 Å². The minimum Gasteiger partial charge on any atom is -0.497 e. The summed E-state index contributed by atoms with van der Waals surface area (Å²) in [6, 6.07) is 4.00. The Morgan fingerprint density at radius 2 is 2.06 bits per heavy atom. The number of aromatic amines is 1. The van der Waals surface area contributed by atoms with E-state index in [1.807, 2.05) is 0 Å². The smallest absolute Gasteiger partial charge is 0.327 e. The first-order valence-corrected chi connectivity index (χ1v) is 13.4. The minimum atomic E-state index is -4.14. The number of nitrogens with one attached hydrogen (secondary N) is 2. The molecule has 2 heterocycles. The maximum absolute atomic E-state index is 12.7. The predicted octanol–water partition coefficient (Wildman–Crippen LogP) is 1.89. The third-order valence-electron chi connectivity index (χ3n) is 5.95. The van der Waals surface area contributed by atoms with Crippen LogP contribution in [0.25, 0.3) is 10.2 Å². The Morgan fingerprint density at radius 1 is 1.34 bits per heavy atom. The van der Waals surface area contributed by atoms with E-state index in [1.54, 1.807) is 0 Å². The number of aliphatic hydroxyl groups is 1. The second-order valence-corrected chi connectivity index (χ2v) is 11.5. The highest BCUT2D eigenvalue weighted by Gasteiger charge is 2.31. The van der Waals surface area contributed by atoms with Gasteiger partial charge in [0, 0.05) is 4.88 Å². The molecule has 2 aromatic heterocycles. The Labute approximate surface area is 206 Å². The van der Waals surface area contributed by atoms with E-state index >= 15 is 0 Å². The molecule has 0 saturated heterocycles. The number of thiophene rings is 1. The summed E-state index contributed by atoms with van der Waals surface area (Å²) in [4.78, 5) is 34.1. The summed E-state index contributed by atoms with van der Waals surface area (Å²) in [6.07, 6.45) is 1.38. The molecule has 0 aliphatic heterocycles. The summed E-state index contributed by atoms with van der Waals surface area (Å²) in [5.41, 5.74) is 0.753. The van der Waals surface area contributed by atoms with E-state index in [1.165, 1.54) is 49.6 Å². The summed E-state index contributed by atoms with van der Waals surface area (Å²) in [7, 11) is -2.69. The van der Waals surface area contributed by atoms with Crippen LogP contribution in [0.2, 0.25) is 0 Å². The standard InChI is InChI=1S/C23H27N3O7S2/c1-12-4-9-16-17(10-12)34-22-19(16)21(28)24-18(25-22)11-33-23(29)20(13(2)27)26-35(30,31)15-7-5-14(32-3)6-8-15/h5-8,12-13,20,26-27H,4,9-11H2,1-3H3,(H,24,25,28). The predicted molar refractivity (Wildman–Crippen MR) is 130 cm³/mol. The van der Waals surface area contributed by atoms with E-state index < -0.39 is 28.1 Å². The van der Waals surface area contributed by atoms with Gasteiger partial charge in [0.25, 0.3) is 5.56 Å². The Hall–Kier alpha value is -2.80. The van der Waals surface area contributed by atoms with Crippen molar-refractivity contribution >= 4 is 37.5 Å². The number of methoxy groups -OCH3 is 1. The number of carbonyl (C=O) groups excluding carboxylic acids is 1. The number of fused-ring (bicyclic) bond motifs is 3. The molecular weight excluding hydrogens is 494 g/mol. The lowest BCUT2D eigenvalue weighted by molar-refractivity contribution is -0.149. The molecule has 0 saturated carbocycles. The lowest BCUT2D eigenvalue weighted by Crippen LogP contribution is -2.48. The first-order valence-electron chi connectivity index (χ1n) is 11.1. The van der Waals surface area contributed by atoms with Crippen LogP contribution in [-0.4, -0.2) is 48.7 Å². The van der Waals surface area contributed by atoms with Crippen LogP contribution in [0, 0.1) is 5.92 Å². The molecule has 0 bridgehead atoms. The molecule has 0 fully saturated rings. The number of H-pyrrole nitrogens is 1. The van der Waals surface area contributed by atoms with Gasteiger partial charge in [-0.15, -0.1) is 11.3 Å². The average Bonchev–Trinajstić information content (AvgIpc) is 3.18. The van der Waals surface area contributed by atoms with E-state index in [4.69, 9.17) is 9.47 Å². The number of hydrogen-bond donors (Lipinski definition) is 3. The van der Waals surface area contributed by atoms with Crippen molar-refractivity contribution in [2.45, 2.75) is 56.8 Å². The van der Waals surface area contributed by atoms with Crippen LogP contribution < -0.4 is 15.0 Å². The van der Waals surface area contributed by atoms with Crippen molar-refractivity contribution in [3.05, 3.63) is 50.9 Å². The second-order valence-electron chi connectivity index (χ2n) is 8.67. The van der Waals surface area contributed by atoms with Crippen molar-refractivity contribution < 1.29 is 27.8 Å². The summed E-state index contributed by atoms with van der Waals surface area (Å²) < 4.78 is 37.8. The fraction of sp³-hybridized carbons (Fsp3) is 0.435. The van der Waals surface area contributed by atoms with Crippen LogP contribution in [0.5, 0.6) is 5.75 Å². The van der Waals surface area contributed by atoms with Gasteiger partial charge >= 0.3 is 5.97 Å². The fourth-order valence-corrected chi connectivity index (χ4v) is 6.68. The number of esters is 1. The van der Waals surface area contributed by atoms with Crippen LogP contribution >= 0.6 is 11.3 Å². The summed E-state index contributed by atoms with van der Waals surface area (Å²) in [6.45, 7) is 3.07. The highest BCUT2D eigenvalue weighted by molar-refractivity contribution is 7.89. The molecule has 1 aliphatic rings. The van der Waals surface area contributed by atoms with Crippen molar-refractivity contribution in [3.63, 3.8) is 0 Å². The van der Waals surface area contributed by atoms with Gasteiger partial charge in [0.1, 0.15) is 29.1 Å². The van der Waals surface area contributed by atoms with E-state index in [0.29, 0.717) is 21.9 Å². The van der Waals surface area contributed by atoms with E-state index in [9.17, 15) is 23.1 Å². The summed E-state index contributed by atoms with van der Waals surface area (Å²) in [5.74, 6) is 0.160. The Morgan fingerprint density at radius 3 is 2.71 bits per heavy atom. The van der Waals surface area contributed by atoms with Crippen LogP contribution in [0.15, 0.2) is 34.0 Å². The van der Waals surface area contributed by atoms with Crippen LogP contribution in [-0.2, 0) is 39.0 Å². The third kappa shape index (κ3) is 5.40. The van der Waals surface area contributed by atoms with Gasteiger partial charge in [0.2, 0.25) is 10.0 Å². The number of nitrogens with zero attached hydrogens (tertiary/aromatic N) is 1. The van der Waals surface area contributed by atoms with Gasteiger partial charge in [-0.3, -0.25) is 9.59 Å². The molecule has 35 heavy (non-hydrogen) atoms. The lowest BCUT2D eigenvalue weighted by atomic mass is 9.89. The number of rotatable bonds is 8. The number of aliphatic hydroxyl groups excluding tert-OH is 1. The number of aryl methyl sites for hydroxylation is 1. The van der Waals surface area contributed by atoms with Crippen molar-refractivity contribution in [3.8, 4) is 5.75 Å². The van der Waals surface area contributed by atoms with Crippen molar-refractivity contribution in [1.82, 2.24) is 14.7 Å². The lowest BCUT2D eigenvalue weighted by Gasteiger charge is -2.20. The molecule has 188 valence electrons. The molecule has 0 radical (unpaired) electrons. The third-order valence-corrected chi connectivity index (χ3v) is 8.56. The number of aromatic nitrogens is 2. The second kappa shape index (κ2) is 10.1. The molecule has 1 aromatic carbocycles. The largest absolute Gasteiger partial charge is 0.497 e. The van der Waals surface area contributed by atoms with Crippen LogP contribution in [0.4, 0.5) is 0 Å². The Balaban J connectivity index is 1.49. The molecule has 1 aliphatic carbocycles. The molecule has 0 spiro atoms. The molecule has 4 rings (SSSR count). The average molecular weight is 522 g/mol. The van der Waals surface area contributed by atoms with E-state index in [2.05, 4.69) is 21.6 Å². The highest BCUT2D eigenvalue weighted by Crippen LogP contribution is 2.35. The first kappa shape index (κ1) is 25.3. The number of benzene rings is 1. The molecule has 12 heteroatoms. The number of ether oxygens (including phenoxy) is 2. The van der Waals surface area contributed by atoms with Gasteiger partial charge in [-0.05, 0) is 61.9 Å². The van der Waals surface area contributed by atoms with Crippen LogP contribution in [0.3, 0.4) is 0 Å². The quantitative estimate of drug-likeness (QED) is 0.381. The zero-order valence-corrected chi connectivity index (χ0v) is 21.2. The van der Waals surface area contributed by atoms with Gasteiger partial charge in [-0.25, -0.2) is 13.4 Å². The first-order chi connectivity index (χ1) is 16.6. The number of carbonyl (C=O) groups is 1. The normalized spacial score (nSPS) is 17.5.